The Labute approximate surface area is 238 Å². The molecular weight excluding hydrogens is 496 g/mol. The van der Waals surface area contributed by atoms with Gasteiger partial charge in [0.2, 0.25) is 11.7 Å². The van der Waals surface area contributed by atoms with E-state index in [-0.39, 0.29) is 39.1 Å². The summed E-state index contributed by atoms with van der Waals surface area (Å²) in [5, 5.41) is 13.6. The highest BCUT2D eigenvalue weighted by Crippen LogP contribution is 2.75. The Kier molecular flexibility index (Phi) is 5.97. The summed E-state index contributed by atoms with van der Waals surface area (Å²) >= 11 is 0. The molecule has 1 aromatic rings. The van der Waals surface area contributed by atoms with Crippen molar-refractivity contribution < 1.29 is 14.7 Å². The third-order valence-electron chi connectivity index (χ3n) is 12.6. The zero-order chi connectivity index (χ0) is 28.7. The molecule has 6 rings (SSSR count). The van der Waals surface area contributed by atoms with Crippen LogP contribution < -0.4 is 5.32 Å². The molecule has 2 N–H and O–H groups in total. The lowest BCUT2D eigenvalue weighted by molar-refractivity contribution is -0.169. The summed E-state index contributed by atoms with van der Waals surface area (Å²) in [7, 11) is 0. The molecule has 212 valence electrons. The van der Waals surface area contributed by atoms with Crippen LogP contribution in [0.25, 0.3) is 0 Å². The van der Waals surface area contributed by atoms with E-state index in [9.17, 15) is 14.7 Å². The smallest absolute Gasteiger partial charge is 0.226 e. The van der Waals surface area contributed by atoms with Crippen LogP contribution in [0.15, 0.2) is 70.8 Å². The molecule has 0 bridgehead atoms. The van der Waals surface area contributed by atoms with Crippen LogP contribution in [0.5, 0.6) is 0 Å². The van der Waals surface area contributed by atoms with E-state index in [1.165, 1.54) is 5.57 Å². The maximum absolute atomic E-state index is 13.7. The topological polar surface area (TPSA) is 79.3 Å². The van der Waals surface area contributed by atoms with E-state index in [0.29, 0.717) is 18.0 Å². The molecule has 0 radical (unpaired) electrons. The monoisotopic (exact) mass is 540 g/mol. The van der Waals surface area contributed by atoms with Crippen molar-refractivity contribution >= 4 is 11.7 Å². The van der Waals surface area contributed by atoms with Crippen LogP contribution in [0.4, 0.5) is 0 Å². The molecule has 3 saturated carbocycles. The lowest BCUT2D eigenvalue weighted by atomic mass is 9.34. The van der Waals surface area contributed by atoms with Gasteiger partial charge in [-0.2, -0.15) is 0 Å². The Bertz CT molecular complexity index is 1420. The molecule has 1 amide bonds. The molecule has 0 spiro atoms. The zero-order valence-corrected chi connectivity index (χ0v) is 25.0. The fourth-order valence-corrected chi connectivity index (χ4v) is 9.56. The summed E-state index contributed by atoms with van der Waals surface area (Å²) in [6, 6.07) is 3.92. The number of carbonyl (C=O) groups is 2. The van der Waals surface area contributed by atoms with Crippen molar-refractivity contribution in [3.8, 4) is 0 Å². The van der Waals surface area contributed by atoms with E-state index < -0.39 is 5.41 Å². The summed E-state index contributed by atoms with van der Waals surface area (Å²) in [5.74, 6) is 0.179. The Hall–Kier alpha value is -2.95. The van der Waals surface area contributed by atoms with Crippen LogP contribution in [0, 0.1) is 33.0 Å². The highest BCUT2D eigenvalue weighted by atomic mass is 16.3. The number of hydrogen-bond donors (Lipinski definition) is 2. The van der Waals surface area contributed by atoms with E-state index in [4.69, 9.17) is 0 Å². The molecule has 1 aromatic heterocycles. The number of amides is 1. The van der Waals surface area contributed by atoms with Gasteiger partial charge in [0.25, 0.3) is 0 Å². The second-order valence-corrected chi connectivity index (χ2v) is 14.7. The van der Waals surface area contributed by atoms with Crippen molar-refractivity contribution in [1.29, 1.82) is 0 Å². The highest BCUT2D eigenvalue weighted by Gasteiger charge is 2.67. The molecule has 0 aliphatic heterocycles. The van der Waals surface area contributed by atoms with Crippen molar-refractivity contribution in [3.63, 3.8) is 0 Å². The van der Waals surface area contributed by atoms with Crippen LogP contribution in [-0.2, 0) is 16.1 Å². The third kappa shape index (κ3) is 3.61. The molecule has 0 unspecified atom stereocenters. The number of aliphatic hydroxyl groups is 1. The number of nitrogens with one attached hydrogen (secondary N) is 1. The fraction of sp³-hybridized carbons (Fsp3) is 0.571. The van der Waals surface area contributed by atoms with Gasteiger partial charge in [-0.1, -0.05) is 58.4 Å². The van der Waals surface area contributed by atoms with Gasteiger partial charge < -0.3 is 10.4 Å². The number of hydrogen-bond acceptors (Lipinski definition) is 4. The first kappa shape index (κ1) is 27.2. The molecule has 5 nitrogen and oxygen atoms in total. The van der Waals surface area contributed by atoms with Gasteiger partial charge in [0.15, 0.2) is 5.76 Å². The Morgan fingerprint density at radius 3 is 2.52 bits per heavy atom. The van der Waals surface area contributed by atoms with Gasteiger partial charge in [-0.15, -0.1) is 0 Å². The first-order valence-electron chi connectivity index (χ1n) is 15.0. The highest BCUT2D eigenvalue weighted by molar-refractivity contribution is 6.06. The minimum absolute atomic E-state index is 0.0360. The standard InChI is InChI=1S/C35H44N2O3/c1-22-24-9-10-27-33(4,25(24)18-26(38)29(22)39)14-16-35(6)28-19-32(3,12-11-31(28,2)13-15-34(27,35)5)30(40)37-21-23-8-7-17-36-20-23/h7-10,17-18,20,28,39H,11-16,19,21H2,1-6H3,(H,37,40)/t28-,31-,32-,33+,34-,35+/m1/s1. The number of carbonyl (C=O) groups excluding carboxylic acids is 2. The van der Waals surface area contributed by atoms with Gasteiger partial charge in [0.1, 0.15) is 0 Å². The quantitative estimate of drug-likeness (QED) is 0.421. The van der Waals surface area contributed by atoms with Crippen molar-refractivity contribution in [3.05, 3.63) is 76.4 Å². The lowest BCUT2D eigenvalue weighted by Crippen LogP contribution is -2.62. The van der Waals surface area contributed by atoms with Gasteiger partial charge in [0.05, 0.1) is 0 Å². The predicted molar refractivity (Wildman–Crippen MR) is 157 cm³/mol. The summed E-state index contributed by atoms with van der Waals surface area (Å²) in [5.41, 5.74) is 4.79. The minimum Gasteiger partial charge on any atom is -0.504 e. The lowest BCUT2D eigenvalue weighted by Gasteiger charge is -2.70. The molecule has 40 heavy (non-hydrogen) atoms. The summed E-state index contributed by atoms with van der Waals surface area (Å²) < 4.78 is 0. The fourth-order valence-electron chi connectivity index (χ4n) is 9.56. The molecule has 5 aliphatic rings. The maximum atomic E-state index is 13.7. The third-order valence-corrected chi connectivity index (χ3v) is 12.6. The number of pyridine rings is 1. The number of rotatable bonds is 3. The van der Waals surface area contributed by atoms with Crippen LogP contribution in [0.2, 0.25) is 0 Å². The number of aromatic nitrogens is 1. The molecule has 5 heteroatoms. The first-order chi connectivity index (χ1) is 18.8. The van der Waals surface area contributed by atoms with Gasteiger partial charge >= 0.3 is 0 Å². The Morgan fingerprint density at radius 1 is 1.05 bits per heavy atom. The number of nitrogens with zero attached hydrogens (tertiary/aromatic N) is 1. The summed E-state index contributed by atoms with van der Waals surface area (Å²) in [6.07, 6.45) is 16.9. The van der Waals surface area contributed by atoms with E-state index in [2.05, 4.69) is 57.1 Å². The number of fused-ring (bicyclic) bond motifs is 7. The summed E-state index contributed by atoms with van der Waals surface area (Å²) in [4.78, 5) is 30.7. The van der Waals surface area contributed by atoms with Gasteiger partial charge in [0, 0.05) is 35.3 Å². The second-order valence-electron chi connectivity index (χ2n) is 14.7. The number of ketones is 1. The zero-order valence-electron chi connectivity index (χ0n) is 25.0. The Balaban J connectivity index is 1.34. The van der Waals surface area contributed by atoms with E-state index in [1.807, 2.05) is 25.3 Å². The summed E-state index contributed by atoms with van der Waals surface area (Å²) in [6.45, 7) is 14.3. The first-order valence-corrected chi connectivity index (χ1v) is 15.0. The van der Waals surface area contributed by atoms with E-state index in [0.717, 1.165) is 61.7 Å². The van der Waals surface area contributed by atoms with Crippen LogP contribution in [-0.4, -0.2) is 21.8 Å². The van der Waals surface area contributed by atoms with Crippen molar-refractivity contribution in [2.24, 2.45) is 33.0 Å². The van der Waals surface area contributed by atoms with Crippen LogP contribution >= 0.6 is 0 Å². The van der Waals surface area contributed by atoms with Crippen molar-refractivity contribution in [2.45, 2.75) is 93.0 Å². The molecular formula is C35H44N2O3. The number of allylic oxidation sites excluding steroid dienone is 7. The largest absolute Gasteiger partial charge is 0.504 e. The SMILES string of the molecule is CC1=C(O)C(=O)C=C2C1=CC=C1[C@@]2(C)CC[C@@]2(C)[C@@H]3C[C@](C)(C(=O)NCc4cccnc4)CC[C@]3(C)CC[C@]12C. The van der Waals surface area contributed by atoms with Crippen LogP contribution in [0.1, 0.15) is 92.1 Å². The van der Waals surface area contributed by atoms with E-state index >= 15 is 0 Å². The van der Waals surface area contributed by atoms with Crippen molar-refractivity contribution in [2.75, 3.05) is 0 Å². The van der Waals surface area contributed by atoms with Gasteiger partial charge in [-0.3, -0.25) is 14.6 Å². The molecule has 0 aromatic carbocycles. The van der Waals surface area contributed by atoms with Crippen molar-refractivity contribution in [1.82, 2.24) is 10.3 Å². The predicted octanol–water partition coefficient (Wildman–Crippen LogP) is 7.32. The maximum Gasteiger partial charge on any atom is 0.226 e. The van der Waals surface area contributed by atoms with Gasteiger partial charge in [-0.05, 0) is 103 Å². The van der Waals surface area contributed by atoms with Gasteiger partial charge in [-0.25, -0.2) is 0 Å². The van der Waals surface area contributed by atoms with E-state index in [1.54, 1.807) is 12.3 Å². The Morgan fingerprint density at radius 2 is 1.80 bits per heavy atom. The molecule has 0 saturated heterocycles. The average molecular weight is 541 g/mol. The molecule has 6 atom stereocenters. The van der Waals surface area contributed by atoms with Crippen LogP contribution in [0.3, 0.4) is 0 Å². The average Bonchev–Trinajstić information content (AvgIpc) is 2.94. The molecule has 3 fully saturated rings. The second kappa shape index (κ2) is 8.77. The number of aliphatic hydroxyl groups excluding tert-OH is 1. The normalized spacial score (nSPS) is 40.5. The minimum atomic E-state index is -0.403. The molecule has 1 heterocycles. The molecule has 5 aliphatic carbocycles.